The summed E-state index contributed by atoms with van der Waals surface area (Å²) in [6, 6.07) is 7.95. The maximum atomic E-state index is 13.0. The molecule has 10 nitrogen and oxygen atoms in total. The highest BCUT2D eigenvalue weighted by Crippen LogP contribution is 2.45. The lowest BCUT2D eigenvalue weighted by atomic mass is 9.73. The molecule has 3 aliphatic heterocycles. The minimum absolute atomic E-state index is 0.0764. The van der Waals surface area contributed by atoms with Gasteiger partial charge in [0.15, 0.2) is 17.0 Å². The van der Waals surface area contributed by atoms with E-state index in [1.807, 2.05) is 18.2 Å². The van der Waals surface area contributed by atoms with Crippen molar-refractivity contribution >= 4 is 34.5 Å². The van der Waals surface area contributed by atoms with Crippen molar-refractivity contribution in [2.24, 2.45) is 13.0 Å². The number of benzene rings is 1. The van der Waals surface area contributed by atoms with Crippen LogP contribution in [0, 0.1) is 5.92 Å². The normalized spacial score (nSPS) is 19.7. The number of para-hydroxylation sites is 1. The van der Waals surface area contributed by atoms with Crippen LogP contribution >= 0.6 is 0 Å². The molecule has 0 aliphatic carbocycles. The third-order valence-corrected chi connectivity index (χ3v) is 7.77. The van der Waals surface area contributed by atoms with E-state index in [9.17, 15) is 9.59 Å². The summed E-state index contributed by atoms with van der Waals surface area (Å²) >= 11 is 0. The molecule has 10 heteroatoms. The molecule has 35 heavy (non-hydrogen) atoms. The van der Waals surface area contributed by atoms with Gasteiger partial charge in [-0.1, -0.05) is 18.2 Å². The number of fused-ring (bicyclic) bond motifs is 3. The third kappa shape index (κ3) is 3.63. The van der Waals surface area contributed by atoms with Crippen LogP contribution < -0.4 is 15.5 Å². The van der Waals surface area contributed by atoms with Gasteiger partial charge in [0, 0.05) is 45.6 Å². The van der Waals surface area contributed by atoms with E-state index in [1.165, 1.54) is 6.33 Å². The van der Waals surface area contributed by atoms with Crippen LogP contribution in [0.4, 0.5) is 11.5 Å². The summed E-state index contributed by atoms with van der Waals surface area (Å²) in [5, 5.41) is 6.08. The summed E-state index contributed by atoms with van der Waals surface area (Å²) in [7, 11) is 1.81. The molecule has 2 aromatic heterocycles. The molecule has 3 aromatic rings. The molecule has 0 bridgehead atoms. The molecule has 5 heterocycles. The summed E-state index contributed by atoms with van der Waals surface area (Å²) < 4.78 is 7.13. The van der Waals surface area contributed by atoms with Crippen LogP contribution in [0.1, 0.15) is 41.9 Å². The van der Waals surface area contributed by atoms with Gasteiger partial charge in [0.1, 0.15) is 6.33 Å². The van der Waals surface area contributed by atoms with Crippen molar-refractivity contribution in [3.05, 3.63) is 42.0 Å². The van der Waals surface area contributed by atoms with Crippen LogP contribution in [0.3, 0.4) is 0 Å². The smallest absolute Gasteiger partial charge is 0.287 e. The molecular weight excluding hydrogens is 446 g/mol. The molecule has 182 valence electrons. The second kappa shape index (κ2) is 8.60. The predicted octanol–water partition coefficient (Wildman–Crippen LogP) is 2.01. The van der Waals surface area contributed by atoms with E-state index in [1.54, 1.807) is 11.6 Å². The van der Waals surface area contributed by atoms with Crippen molar-refractivity contribution in [3.8, 4) is 0 Å². The lowest BCUT2D eigenvalue weighted by molar-refractivity contribution is -0.121. The number of hydrogen-bond donors (Lipinski definition) is 2. The number of nitrogens with one attached hydrogen (secondary N) is 2. The molecule has 2 N–H and O–H groups in total. The Kier molecular flexibility index (Phi) is 5.40. The summed E-state index contributed by atoms with van der Waals surface area (Å²) in [6.45, 7) is 3.43. The van der Waals surface area contributed by atoms with Gasteiger partial charge < -0.3 is 24.8 Å². The Bertz CT molecular complexity index is 1290. The Morgan fingerprint density at radius 1 is 1.20 bits per heavy atom. The maximum Gasteiger partial charge on any atom is 0.287 e. The Morgan fingerprint density at radius 2 is 1.97 bits per heavy atom. The van der Waals surface area contributed by atoms with Gasteiger partial charge in [0.25, 0.3) is 5.91 Å². The van der Waals surface area contributed by atoms with Crippen LogP contribution in [0.2, 0.25) is 0 Å². The number of carbonyl (C=O) groups is 2. The molecular formula is C25H29N7O3. The quantitative estimate of drug-likeness (QED) is 0.593. The molecule has 2 saturated heterocycles. The number of amides is 2. The number of carbonyl (C=O) groups excluding carboxylic acids is 2. The van der Waals surface area contributed by atoms with Crippen LogP contribution in [0.5, 0.6) is 0 Å². The minimum atomic E-state index is -0.501. The molecule has 3 aliphatic rings. The summed E-state index contributed by atoms with van der Waals surface area (Å²) in [6.07, 6.45) is 4.80. The van der Waals surface area contributed by atoms with Crippen LogP contribution in [0.25, 0.3) is 11.2 Å². The Hall–Kier alpha value is -3.53. The van der Waals surface area contributed by atoms with Gasteiger partial charge in [0.2, 0.25) is 11.7 Å². The van der Waals surface area contributed by atoms with Crippen molar-refractivity contribution in [2.45, 2.75) is 31.1 Å². The molecule has 6 rings (SSSR count). The highest BCUT2D eigenvalue weighted by Gasteiger charge is 2.48. The first-order valence-electron chi connectivity index (χ1n) is 12.3. The lowest BCUT2D eigenvalue weighted by Gasteiger charge is -2.38. The van der Waals surface area contributed by atoms with Gasteiger partial charge in [-0.15, -0.1) is 0 Å². The minimum Gasteiger partial charge on any atom is -0.381 e. The van der Waals surface area contributed by atoms with E-state index in [0.717, 1.165) is 37.3 Å². The number of ether oxygens (including phenoxy) is 1. The van der Waals surface area contributed by atoms with E-state index in [2.05, 4.69) is 36.6 Å². The zero-order valence-electron chi connectivity index (χ0n) is 19.8. The highest BCUT2D eigenvalue weighted by atomic mass is 16.5. The molecule has 0 atom stereocenters. The van der Waals surface area contributed by atoms with E-state index in [-0.39, 0.29) is 11.8 Å². The highest BCUT2D eigenvalue weighted by molar-refractivity contribution is 6.06. The van der Waals surface area contributed by atoms with Crippen molar-refractivity contribution in [1.82, 2.24) is 24.8 Å². The monoisotopic (exact) mass is 475 g/mol. The largest absolute Gasteiger partial charge is 0.381 e. The first-order valence-corrected chi connectivity index (χ1v) is 12.3. The first kappa shape index (κ1) is 22.0. The van der Waals surface area contributed by atoms with Crippen LogP contribution in [-0.4, -0.2) is 64.2 Å². The fourth-order valence-electron chi connectivity index (χ4n) is 5.66. The number of piperidine rings is 1. The molecule has 0 unspecified atom stereocenters. The third-order valence-electron chi connectivity index (χ3n) is 7.77. The van der Waals surface area contributed by atoms with E-state index >= 15 is 0 Å². The van der Waals surface area contributed by atoms with Gasteiger partial charge in [-0.3, -0.25) is 9.59 Å². The van der Waals surface area contributed by atoms with Crippen LogP contribution in [-0.2, 0) is 22.0 Å². The van der Waals surface area contributed by atoms with E-state index in [0.29, 0.717) is 61.2 Å². The number of anilines is 2. The lowest BCUT2D eigenvalue weighted by Crippen LogP contribution is -2.46. The first-order chi connectivity index (χ1) is 17.1. The van der Waals surface area contributed by atoms with Crippen molar-refractivity contribution in [2.75, 3.05) is 43.1 Å². The van der Waals surface area contributed by atoms with Gasteiger partial charge in [-0.25, -0.2) is 15.0 Å². The number of hydrogen-bond acceptors (Lipinski definition) is 7. The number of nitrogens with zero attached hydrogens (tertiary/aromatic N) is 5. The predicted molar refractivity (Wildman–Crippen MR) is 130 cm³/mol. The SMILES string of the molecule is Cn1c(C(=O)NCC2CCOCC2)nc2c(N3CCC4(CC3)C(=O)Nc3ccccc34)ncnc21. The number of aryl methyl sites for hydroxylation is 1. The number of rotatable bonds is 4. The summed E-state index contributed by atoms with van der Waals surface area (Å²) in [5.41, 5.74) is 2.72. The molecule has 2 amide bonds. The van der Waals surface area contributed by atoms with E-state index in [4.69, 9.17) is 4.74 Å². The molecule has 2 fully saturated rings. The average Bonchev–Trinajstić information content (AvgIpc) is 3.38. The zero-order chi connectivity index (χ0) is 24.0. The van der Waals surface area contributed by atoms with Gasteiger partial charge in [0.05, 0.1) is 5.41 Å². The average molecular weight is 476 g/mol. The van der Waals surface area contributed by atoms with E-state index < -0.39 is 5.41 Å². The standard InChI is InChI=1S/C25H29N7O3/c1-31-20-19(30-22(31)23(33)26-14-16-6-12-35-13-7-16)21(28-15-27-20)32-10-8-25(9-11-32)17-4-2-3-5-18(17)29-24(25)34/h2-5,15-16H,6-14H2,1H3,(H,26,33)(H,29,34). The Balaban J connectivity index is 1.22. The Labute approximate surface area is 203 Å². The number of imidazole rings is 1. The van der Waals surface area contributed by atoms with Crippen molar-refractivity contribution in [1.29, 1.82) is 0 Å². The second-order valence-corrected chi connectivity index (χ2v) is 9.70. The number of aromatic nitrogens is 4. The fourth-order valence-corrected chi connectivity index (χ4v) is 5.66. The molecule has 1 spiro atoms. The zero-order valence-corrected chi connectivity index (χ0v) is 19.8. The van der Waals surface area contributed by atoms with Gasteiger partial charge in [-0.05, 0) is 43.2 Å². The fraction of sp³-hybridized carbons (Fsp3) is 0.480. The van der Waals surface area contributed by atoms with Crippen molar-refractivity contribution in [3.63, 3.8) is 0 Å². The second-order valence-electron chi connectivity index (χ2n) is 9.70. The molecule has 0 saturated carbocycles. The summed E-state index contributed by atoms with van der Waals surface area (Å²) in [5.74, 6) is 1.32. The topological polar surface area (TPSA) is 114 Å². The van der Waals surface area contributed by atoms with Crippen LogP contribution in [0.15, 0.2) is 30.6 Å². The van der Waals surface area contributed by atoms with Gasteiger partial charge in [-0.2, -0.15) is 0 Å². The Morgan fingerprint density at radius 3 is 2.77 bits per heavy atom. The van der Waals surface area contributed by atoms with Crippen molar-refractivity contribution < 1.29 is 14.3 Å². The molecule has 0 radical (unpaired) electrons. The molecule has 1 aromatic carbocycles. The summed E-state index contributed by atoms with van der Waals surface area (Å²) in [4.78, 5) is 41.7. The maximum absolute atomic E-state index is 13.0. The van der Waals surface area contributed by atoms with Gasteiger partial charge >= 0.3 is 0 Å².